The fraction of sp³-hybridized carbons (Fsp3) is 0.0333. The number of nitrogens with one attached hydrogen (secondary N) is 3. The molecule has 4 aromatic carbocycles. The Morgan fingerprint density at radius 2 is 1.54 bits per heavy atom. The molecule has 0 aliphatic rings. The molecule has 0 aliphatic heterocycles. The lowest BCUT2D eigenvalue weighted by Gasteiger charge is -2.12. The van der Waals surface area contributed by atoms with Crippen molar-refractivity contribution in [2.45, 2.75) is 4.90 Å². The fourth-order valence-corrected chi connectivity index (χ4v) is 4.53. The zero-order chi connectivity index (χ0) is 27.6. The molecule has 0 unspecified atom stereocenters. The average Bonchev–Trinajstić information content (AvgIpc) is 2.94. The van der Waals surface area contributed by atoms with Crippen LogP contribution < -0.4 is 16.0 Å². The van der Waals surface area contributed by atoms with E-state index in [1.165, 1.54) is 23.9 Å². The summed E-state index contributed by atoms with van der Waals surface area (Å²) in [6, 6.07) is 29.2. The maximum Gasteiger partial charge on any atom is 0.272 e. The van der Waals surface area contributed by atoms with Gasteiger partial charge in [0, 0.05) is 20.6 Å². The highest BCUT2D eigenvalue weighted by Gasteiger charge is 2.15. The standard InChI is InChI=1S/C30H23BrFN3O3S/c31-22-14-15-26(25(32)17-22)34-28(36)19-39-24-13-7-12-23(18-24)33-30(38)27(16-20-8-3-1-4-9-20)35-29(37)21-10-5-2-6-11-21/h1-18H,19H2,(H,33,38)(H,34,36)(H,35,37)/b27-16-. The monoisotopic (exact) mass is 603 g/mol. The predicted molar refractivity (Wildman–Crippen MR) is 157 cm³/mol. The summed E-state index contributed by atoms with van der Waals surface area (Å²) in [5.74, 6) is -1.78. The quantitative estimate of drug-likeness (QED) is 0.146. The van der Waals surface area contributed by atoms with E-state index < -0.39 is 17.6 Å². The van der Waals surface area contributed by atoms with Crippen LogP contribution in [0.15, 0.2) is 118 Å². The Kier molecular flexibility index (Phi) is 9.66. The molecular formula is C30H23BrFN3O3S. The topological polar surface area (TPSA) is 87.3 Å². The van der Waals surface area contributed by atoms with E-state index in [0.29, 0.717) is 15.7 Å². The van der Waals surface area contributed by atoms with Crippen molar-refractivity contribution in [3.63, 3.8) is 0 Å². The molecule has 4 rings (SSSR count). The number of thioether (sulfide) groups is 1. The number of benzene rings is 4. The Balaban J connectivity index is 1.43. The second-order valence-corrected chi connectivity index (χ2v) is 10.2. The molecule has 4 aromatic rings. The van der Waals surface area contributed by atoms with Gasteiger partial charge in [-0.2, -0.15) is 0 Å². The first kappa shape index (κ1) is 27.8. The van der Waals surface area contributed by atoms with Crippen LogP contribution in [0, 0.1) is 5.82 Å². The molecule has 3 amide bonds. The first-order valence-corrected chi connectivity index (χ1v) is 13.6. The first-order valence-electron chi connectivity index (χ1n) is 11.8. The van der Waals surface area contributed by atoms with Crippen LogP contribution >= 0.6 is 27.7 Å². The molecule has 0 bridgehead atoms. The summed E-state index contributed by atoms with van der Waals surface area (Å²) in [6.45, 7) is 0. The van der Waals surface area contributed by atoms with Crippen molar-refractivity contribution < 1.29 is 18.8 Å². The van der Waals surface area contributed by atoms with Gasteiger partial charge in [-0.1, -0.05) is 70.5 Å². The summed E-state index contributed by atoms with van der Waals surface area (Å²) < 4.78 is 14.6. The van der Waals surface area contributed by atoms with Crippen LogP contribution in [0.5, 0.6) is 0 Å². The Labute approximate surface area is 237 Å². The smallest absolute Gasteiger partial charge is 0.272 e. The minimum Gasteiger partial charge on any atom is -0.323 e. The van der Waals surface area contributed by atoms with Gasteiger partial charge in [0.15, 0.2) is 0 Å². The number of rotatable bonds is 9. The van der Waals surface area contributed by atoms with Crippen molar-refractivity contribution in [1.82, 2.24) is 5.32 Å². The number of anilines is 2. The third kappa shape index (κ3) is 8.39. The zero-order valence-electron chi connectivity index (χ0n) is 20.5. The van der Waals surface area contributed by atoms with Gasteiger partial charge in [-0.3, -0.25) is 14.4 Å². The number of amides is 3. The van der Waals surface area contributed by atoms with E-state index in [1.807, 2.05) is 30.3 Å². The van der Waals surface area contributed by atoms with Gasteiger partial charge in [-0.15, -0.1) is 11.8 Å². The summed E-state index contributed by atoms with van der Waals surface area (Å²) in [5, 5.41) is 8.07. The highest BCUT2D eigenvalue weighted by Crippen LogP contribution is 2.24. The van der Waals surface area contributed by atoms with Crippen LogP contribution in [0.3, 0.4) is 0 Å². The van der Waals surface area contributed by atoms with Crippen molar-refractivity contribution in [3.05, 3.63) is 130 Å². The number of carbonyl (C=O) groups is 3. The Hall–Kier alpha value is -4.21. The van der Waals surface area contributed by atoms with Crippen molar-refractivity contribution in [2.75, 3.05) is 16.4 Å². The van der Waals surface area contributed by atoms with E-state index in [4.69, 9.17) is 0 Å². The molecular weight excluding hydrogens is 581 g/mol. The van der Waals surface area contributed by atoms with Crippen LogP contribution in [0.25, 0.3) is 6.08 Å². The molecule has 0 aromatic heterocycles. The summed E-state index contributed by atoms with van der Waals surface area (Å²) in [7, 11) is 0. The lowest BCUT2D eigenvalue weighted by atomic mass is 10.1. The van der Waals surface area contributed by atoms with Gasteiger partial charge in [0.05, 0.1) is 11.4 Å². The summed E-state index contributed by atoms with van der Waals surface area (Å²) in [4.78, 5) is 39.1. The number of hydrogen-bond donors (Lipinski definition) is 3. The molecule has 196 valence electrons. The Bertz CT molecular complexity index is 1510. The van der Waals surface area contributed by atoms with Gasteiger partial charge in [-0.25, -0.2) is 4.39 Å². The SMILES string of the molecule is O=C(CSc1cccc(NC(=O)/C(=C/c2ccccc2)NC(=O)c2ccccc2)c1)Nc1ccc(Br)cc1F. The van der Waals surface area contributed by atoms with Crippen LogP contribution in [-0.4, -0.2) is 23.5 Å². The molecule has 0 saturated heterocycles. The van der Waals surface area contributed by atoms with Crippen molar-refractivity contribution >= 4 is 62.9 Å². The third-order valence-electron chi connectivity index (χ3n) is 5.31. The maximum atomic E-state index is 14.0. The van der Waals surface area contributed by atoms with Gasteiger partial charge >= 0.3 is 0 Å². The Morgan fingerprint density at radius 3 is 2.26 bits per heavy atom. The molecule has 0 fully saturated rings. The fourth-order valence-electron chi connectivity index (χ4n) is 3.45. The summed E-state index contributed by atoms with van der Waals surface area (Å²) >= 11 is 4.42. The molecule has 0 saturated carbocycles. The third-order valence-corrected chi connectivity index (χ3v) is 6.79. The minimum absolute atomic E-state index is 0.0409. The van der Waals surface area contributed by atoms with Crippen LogP contribution in [0.2, 0.25) is 0 Å². The van der Waals surface area contributed by atoms with Crippen LogP contribution in [-0.2, 0) is 9.59 Å². The number of carbonyl (C=O) groups excluding carboxylic acids is 3. The molecule has 0 atom stereocenters. The van der Waals surface area contributed by atoms with Gasteiger partial charge < -0.3 is 16.0 Å². The van der Waals surface area contributed by atoms with E-state index in [-0.39, 0.29) is 23.0 Å². The van der Waals surface area contributed by atoms with E-state index in [0.717, 1.165) is 10.5 Å². The van der Waals surface area contributed by atoms with Gasteiger partial charge in [-0.05, 0) is 60.2 Å². The molecule has 0 aliphatic carbocycles. The second kappa shape index (κ2) is 13.5. The van der Waals surface area contributed by atoms with Crippen molar-refractivity contribution in [2.24, 2.45) is 0 Å². The van der Waals surface area contributed by atoms with Crippen LogP contribution in [0.1, 0.15) is 15.9 Å². The van der Waals surface area contributed by atoms with E-state index in [2.05, 4.69) is 31.9 Å². The highest BCUT2D eigenvalue weighted by atomic mass is 79.9. The normalized spacial score (nSPS) is 11.0. The van der Waals surface area contributed by atoms with Gasteiger partial charge in [0.25, 0.3) is 11.8 Å². The second-order valence-electron chi connectivity index (χ2n) is 8.23. The first-order chi connectivity index (χ1) is 18.9. The zero-order valence-corrected chi connectivity index (χ0v) is 22.9. The lowest BCUT2D eigenvalue weighted by Crippen LogP contribution is -2.30. The van der Waals surface area contributed by atoms with E-state index in [9.17, 15) is 18.8 Å². The predicted octanol–water partition coefficient (Wildman–Crippen LogP) is 6.73. The molecule has 9 heteroatoms. The average molecular weight is 605 g/mol. The maximum absolute atomic E-state index is 14.0. The largest absolute Gasteiger partial charge is 0.323 e. The summed E-state index contributed by atoms with van der Waals surface area (Å²) in [5.41, 5.74) is 1.82. The molecule has 39 heavy (non-hydrogen) atoms. The number of halogens is 2. The molecule has 6 nitrogen and oxygen atoms in total. The van der Waals surface area contributed by atoms with Gasteiger partial charge in [0.1, 0.15) is 11.5 Å². The van der Waals surface area contributed by atoms with Gasteiger partial charge in [0.2, 0.25) is 5.91 Å². The molecule has 3 N–H and O–H groups in total. The molecule has 0 heterocycles. The Morgan fingerprint density at radius 1 is 0.821 bits per heavy atom. The van der Waals surface area contributed by atoms with Crippen molar-refractivity contribution in [1.29, 1.82) is 0 Å². The van der Waals surface area contributed by atoms with E-state index in [1.54, 1.807) is 66.7 Å². The highest BCUT2D eigenvalue weighted by molar-refractivity contribution is 9.10. The van der Waals surface area contributed by atoms with Crippen molar-refractivity contribution in [3.8, 4) is 0 Å². The number of hydrogen-bond acceptors (Lipinski definition) is 4. The van der Waals surface area contributed by atoms with Crippen LogP contribution in [0.4, 0.5) is 15.8 Å². The minimum atomic E-state index is -0.536. The molecule has 0 radical (unpaired) electrons. The summed E-state index contributed by atoms with van der Waals surface area (Å²) in [6.07, 6.45) is 1.60. The van der Waals surface area contributed by atoms with E-state index >= 15 is 0 Å². The lowest BCUT2D eigenvalue weighted by molar-refractivity contribution is -0.114. The molecule has 0 spiro atoms.